The molecule has 1 atom stereocenters. The van der Waals surface area contributed by atoms with Gasteiger partial charge in [-0.1, -0.05) is 65.7 Å². The van der Waals surface area contributed by atoms with E-state index < -0.39 is 5.91 Å². The van der Waals surface area contributed by atoms with Gasteiger partial charge in [0.2, 0.25) is 0 Å². The first-order valence-corrected chi connectivity index (χ1v) is 11.3. The van der Waals surface area contributed by atoms with E-state index in [0.29, 0.717) is 25.8 Å². The van der Waals surface area contributed by atoms with Gasteiger partial charge in [-0.3, -0.25) is 4.79 Å². The summed E-state index contributed by atoms with van der Waals surface area (Å²) < 4.78 is 6.53. The normalized spacial score (nSPS) is 12.0. The van der Waals surface area contributed by atoms with Crippen LogP contribution in [-0.2, 0) is 11.4 Å². The number of hydrogen-bond acceptors (Lipinski definition) is 3. The maximum absolute atomic E-state index is 12.6. The van der Waals surface area contributed by atoms with Gasteiger partial charge in [0.25, 0.3) is 5.91 Å². The SMILES string of the molecule is C[C@@H](NC(=O)/C(C#N)=C\c1ccc(OCc2ccc(Cl)cc2Cl)c(Br)c1)c1ccccc1. The van der Waals surface area contributed by atoms with E-state index in [1.807, 2.05) is 49.4 Å². The van der Waals surface area contributed by atoms with Crippen LogP contribution in [0.25, 0.3) is 6.08 Å². The molecule has 0 bridgehead atoms. The fourth-order valence-corrected chi connectivity index (χ4v) is 3.91. The Morgan fingerprint density at radius 1 is 1.16 bits per heavy atom. The topological polar surface area (TPSA) is 62.1 Å². The molecule has 1 N–H and O–H groups in total. The minimum absolute atomic E-state index is 0.0151. The van der Waals surface area contributed by atoms with E-state index in [9.17, 15) is 10.1 Å². The Hall–Kier alpha value is -2.78. The fraction of sp³-hybridized carbons (Fsp3) is 0.120. The number of nitrogens with one attached hydrogen (secondary N) is 1. The summed E-state index contributed by atoms with van der Waals surface area (Å²) in [6.45, 7) is 2.14. The molecule has 0 saturated heterocycles. The van der Waals surface area contributed by atoms with Crippen molar-refractivity contribution in [2.24, 2.45) is 0 Å². The van der Waals surface area contributed by atoms with Crippen molar-refractivity contribution in [1.82, 2.24) is 5.32 Å². The van der Waals surface area contributed by atoms with Crippen molar-refractivity contribution in [2.75, 3.05) is 0 Å². The second-order valence-electron chi connectivity index (χ2n) is 6.99. The van der Waals surface area contributed by atoms with Crippen molar-refractivity contribution < 1.29 is 9.53 Å². The van der Waals surface area contributed by atoms with E-state index in [2.05, 4.69) is 21.2 Å². The Morgan fingerprint density at radius 3 is 2.56 bits per heavy atom. The molecular formula is C25H19BrCl2N2O2. The lowest BCUT2D eigenvalue weighted by atomic mass is 10.1. The van der Waals surface area contributed by atoms with Crippen LogP contribution in [0, 0.1) is 11.3 Å². The number of rotatable bonds is 7. The van der Waals surface area contributed by atoms with Gasteiger partial charge in [0.1, 0.15) is 24.0 Å². The van der Waals surface area contributed by atoms with E-state index >= 15 is 0 Å². The summed E-state index contributed by atoms with van der Waals surface area (Å²) in [5.74, 6) is 0.173. The molecule has 0 aliphatic heterocycles. The third-order valence-corrected chi connectivity index (χ3v) is 5.88. The minimum Gasteiger partial charge on any atom is -0.488 e. The number of carbonyl (C=O) groups is 1. The predicted molar refractivity (Wildman–Crippen MR) is 132 cm³/mol. The second kappa shape index (κ2) is 11.2. The summed E-state index contributed by atoms with van der Waals surface area (Å²) in [5, 5.41) is 13.4. The highest BCUT2D eigenvalue weighted by molar-refractivity contribution is 9.10. The van der Waals surface area contributed by atoms with Crippen molar-refractivity contribution in [3.63, 3.8) is 0 Å². The summed E-state index contributed by atoms with van der Waals surface area (Å²) in [6.07, 6.45) is 1.54. The van der Waals surface area contributed by atoms with Crippen LogP contribution in [0.15, 0.2) is 76.8 Å². The largest absolute Gasteiger partial charge is 0.488 e. The molecule has 0 aromatic heterocycles. The molecule has 1 amide bonds. The van der Waals surface area contributed by atoms with Crippen LogP contribution in [-0.4, -0.2) is 5.91 Å². The van der Waals surface area contributed by atoms with Crippen molar-refractivity contribution in [2.45, 2.75) is 19.6 Å². The molecule has 4 nitrogen and oxygen atoms in total. The van der Waals surface area contributed by atoms with Gasteiger partial charge in [-0.05, 0) is 64.3 Å². The van der Waals surface area contributed by atoms with E-state index in [1.165, 1.54) is 6.08 Å². The highest BCUT2D eigenvalue weighted by Crippen LogP contribution is 2.29. The number of amides is 1. The third kappa shape index (κ3) is 6.37. The molecule has 32 heavy (non-hydrogen) atoms. The monoisotopic (exact) mass is 528 g/mol. The van der Waals surface area contributed by atoms with E-state index in [4.69, 9.17) is 27.9 Å². The highest BCUT2D eigenvalue weighted by Gasteiger charge is 2.14. The molecule has 0 radical (unpaired) electrons. The number of benzene rings is 3. The maximum atomic E-state index is 12.6. The summed E-state index contributed by atoms with van der Waals surface area (Å²) in [6, 6.07) is 21.9. The van der Waals surface area contributed by atoms with Gasteiger partial charge in [0, 0.05) is 15.6 Å². The number of carbonyl (C=O) groups excluding carboxylic acids is 1. The zero-order chi connectivity index (χ0) is 23.1. The Balaban J connectivity index is 1.69. The molecule has 0 aliphatic carbocycles. The first-order chi connectivity index (χ1) is 15.4. The Bertz CT molecular complexity index is 1190. The van der Waals surface area contributed by atoms with Crippen LogP contribution in [0.3, 0.4) is 0 Å². The molecule has 3 aromatic rings. The predicted octanol–water partition coefficient (Wildman–Crippen LogP) is 7.12. The van der Waals surface area contributed by atoms with Gasteiger partial charge in [-0.25, -0.2) is 0 Å². The first kappa shape index (κ1) is 23.9. The molecule has 0 aliphatic rings. The van der Waals surface area contributed by atoms with Crippen molar-refractivity contribution >= 4 is 51.1 Å². The molecule has 0 heterocycles. The second-order valence-corrected chi connectivity index (χ2v) is 8.69. The zero-order valence-corrected chi connectivity index (χ0v) is 20.2. The van der Waals surface area contributed by atoms with Crippen LogP contribution >= 0.6 is 39.1 Å². The standard InChI is InChI=1S/C25H19BrCl2N2O2/c1-16(18-5-3-2-4-6-18)30-25(31)20(14-29)11-17-7-10-24(22(26)12-17)32-15-19-8-9-21(27)13-23(19)28/h2-13,16H,15H2,1H3,(H,30,31)/b20-11-/t16-/m1/s1. The number of nitriles is 1. The lowest BCUT2D eigenvalue weighted by Gasteiger charge is -2.14. The third-order valence-electron chi connectivity index (χ3n) is 4.68. The van der Waals surface area contributed by atoms with Crippen molar-refractivity contribution in [3.8, 4) is 11.8 Å². The quantitative estimate of drug-likeness (QED) is 0.262. The Kier molecular flexibility index (Phi) is 8.35. The lowest BCUT2D eigenvalue weighted by Crippen LogP contribution is -2.27. The molecule has 0 spiro atoms. The number of hydrogen-bond donors (Lipinski definition) is 1. The summed E-state index contributed by atoms with van der Waals surface area (Å²) in [4.78, 5) is 12.6. The van der Waals surface area contributed by atoms with Crippen molar-refractivity contribution in [3.05, 3.63) is 104 Å². The van der Waals surface area contributed by atoms with Crippen LogP contribution in [0.2, 0.25) is 10.0 Å². The molecule has 0 fully saturated rings. The van der Waals surface area contributed by atoms with E-state index in [1.54, 1.807) is 30.3 Å². The average molecular weight is 530 g/mol. The van der Waals surface area contributed by atoms with Gasteiger partial charge >= 0.3 is 0 Å². The summed E-state index contributed by atoms with van der Waals surface area (Å²) in [7, 11) is 0. The van der Waals surface area contributed by atoms with Crippen molar-refractivity contribution in [1.29, 1.82) is 5.26 Å². The van der Waals surface area contributed by atoms with Crippen LogP contribution < -0.4 is 10.1 Å². The number of halogens is 3. The van der Waals surface area contributed by atoms with Crippen LogP contribution in [0.4, 0.5) is 0 Å². The van der Waals surface area contributed by atoms with Gasteiger partial charge in [-0.2, -0.15) is 5.26 Å². The molecule has 3 rings (SSSR count). The number of ether oxygens (including phenoxy) is 1. The highest BCUT2D eigenvalue weighted by atomic mass is 79.9. The van der Waals surface area contributed by atoms with Gasteiger partial charge in [-0.15, -0.1) is 0 Å². The summed E-state index contributed by atoms with van der Waals surface area (Å²) in [5.41, 5.74) is 2.47. The molecule has 3 aromatic carbocycles. The lowest BCUT2D eigenvalue weighted by molar-refractivity contribution is -0.117. The molecule has 0 unspecified atom stereocenters. The first-order valence-electron chi connectivity index (χ1n) is 9.71. The van der Waals surface area contributed by atoms with Crippen LogP contribution in [0.5, 0.6) is 5.75 Å². The maximum Gasteiger partial charge on any atom is 0.262 e. The van der Waals surface area contributed by atoms with E-state index in [0.717, 1.165) is 11.1 Å². The Labute approximate surface area is 205 Å². The van der Waals surface area contributed by atoms with Gasteiger partial charge in [0.05, 0.1) is 10.5 Å². The molecule has 0 saturated carbocycles. The van der Waals surface area contributed by atoms with Crippen LogP contribution in [0.1, 0.15) is 29.7 Å². The van der Waals surface area contributed by atoms with Gasteiger partial charge in [0.15, 0.2) is 0 Å². The average Bonchev–Trinajstić information content (AvgIpc) is 2.78. The Morgan fingerprint density at radius 2 is 1.91 bits per heavy atom. The molecule has 162 valence electrons. The number of nitrogens with zero attached hydrogens (tertiary/aromatic N) is 1. The minimum atomic E-state index is -0.433. The van der Waals surface area contributed by atoms with Gasteiger partial charge < -0.3 is 10.1 Å². The molecule has 7 heteroatoms. The van der Waals surface area contributed by atoms with E-state index in [-0.39, 0.29) is 18.2 Å². The zero-order valence-electron chi connectivity index (χ0n) is 17.1. The molecular weight excluding hydrogens is 511 g/mol. The summed E-state index contributed by atoms with van der Waals surface area (Å²) >= 11 is 15.6. The fourth-order valence-electron chi connectivity index (χ4n) is 2.93. The smallest absolute Gasteiger partial charge is 0.262 e.